The van der Waals surface area contributed by atoms with Gasteiger partial charge in [0, 0.05) is 11.3 Å². The molecule has 3 N–H and O–H groups in total. The minimum Gasteiger partial charge on any atom is -0.366 e. The number of anilines is 1. The summed E-state index contributed by atoms with van der Waals surface area (Å²) >= 11 is 2.71. The van der Waals surface area contributed by atoms with Gasteiger partial charge in [-0.15, -0.1) is 10.2 Å². The molecule has 2 rings (SSSR count). The molecule has 8 heteroatoms. The van der Waals surface area contributed by atoms with Crippen LogP contribution in [0.4, 0.5) is 5.69 Å². The van der Waals surface area contributed by atoms with E-state index in [2.05, 4.69) is 15.5 Å². The summed E-state index contributed by atoms with van der Waals surface area (Å²) in [5, 5.41) is 10.2. The first-order valence-corrected chi connectivity index (χ1v) is 7.10. The summed E-state index contributed by atoms with van der Waals surface area (Å²) in [5.74, 6) is -0.385. The van der Waals surface area contributed by atoms with Crippen LogP contribution >= 0.6 is 23.1 Å². The minimum absolute atomic E-state index is 0.146. The molecule has 1 aromatic heterocycles. The van der Waals surface area contributed by atoms with Crippen LogP contribution < -0.4 is 11.1 Å². The van der Waals surface area contributed by atoms with Crippen LogP contribution in [0.15, 0.2) is 34.1 Å². The summed E-state index contributed by atoms with van der Waals surface area (Å²) in [7, 11) is 0. The Morgan fingerprint density at radius 2 is 2.05 bits per heavy atom. The number of nitrogens with zero attached hydrogens (tertiary/aromatic N) is 2. The van der Waals surface area contributed by atoms with Crippen LogP contribution in [-0.4, -0.2) is 27.8 Å². The molecule has 98 valence electrons. The van der Waals surface area contributed by atoms with E-state index in [0.717, 1.165) is 4.34 Å². The van der Waals surface area contributed by atoms with Crippen molar-refractivity contribution in [3.63, 3.8) is 0 Å². The zero-order valence-corrected chi connectivity index (χ0v) is 11.3. The van der Waals surface area contributed by atoms with Crippen molar-refractivity contribution in [3.8, 4) is 0 Å². The van der Waals surface area contributed by atoms with Gasteiger partial charge < -0.3 is 11.1 Å². The van der Waals surface area contributed by atoms with Crippen molar-refractivity contribution in [2.75, 3.05) is 11.1 Å². The lowest BCUT2D eigenvalue weighted by Gasteiger charge is -2.04. The molecule has 2 aromatic rings. The quantitative estimate of drug-likeness (QED) is 0.812. The summed E-state index contributed by atoms with van der Waals surface area (Å²) in [6.45, 7) is 0. The average molecular weight is 294 g/mol. The molecule has 0 unspecified atom stereocenters. The van der Waals surface area contributed by atoms with Crippen LogP contribution in [0.5, 0.6) is 0 Å². The number of amides is 2. The highest BCUT2D eigenvalue weighted by Crippen LogP contribution is 2.19. The summed E-state index contributed by atoms with van der Waals surface area (Å²) in [6.07, 6.45) is 0. The molecular formula is C11H10N4O2S2. The Balaban J connectivity index is 1.86. The SMILES string of the molecule is NC(=O)c1ccc(NC(=O)CSc2nncs2)cc1. The highest BCUT2D eigenvalue weighted by Gasteiger charge is 2.06. The maximum atomic E-state index is 11.7. The van der Waals surface area contributed by atoms with Gasteiger partial charge in [0.25, 0.3) is 0 Å². The van der Waals surface area contributed by atoms with E-state index >= 15 is 0 Å². The first kappa shape index (κ1) is 13.5. The van der Waals surface area contributed by atoms with Gasteiger partial charge in [0.15, 0.2) is 4.34 Å². The molecule has 0 atom stereocenters. The van der Waals surface area contributed by atoms with E-state index in [1.54, 1.807) is 29.8 Å². The molecule has 2 amide bonds. The first-order chi connectivity index (χ1) is 9.15. The predicted molar refractivity (Wildman–Crippen MR) is 74.2 cm³/mol. The second kappa shape index (κ2) is 6.30. The minimum atomic E-state index is -0.496. The third-order valence-corrected chi connectivity index (χ3v) is 3.98. The molecule has 19 heavy (non-hydrogen) atoms. The lowest BCUT2D eigenvalue weighted by atomic mass is 10.2. The molecular weight excluding hydrogens is 284 g/mol. The molecule has 1 aromatic carbocycles. The predicted octanol–water partition coefficient (Wildman–Crippen LogP) is 1.37. The average Bonchev–Trinajstić information content (AvgIpc) is 2.90. The number of hydrogen-bond donors (Lipinski definition) is 2. The Hall–Kier alpha value is -1.93. The van der Waals surface area contributed by atoms with E-state index in [-0.39, 0.29) is 11.7 Å². The maximum Gasteiger partial charge on any atom is 0.248 e. The summed E-state index contributed by atoms with van der Waals surface area (Å²) in [5.41, 5.74) is 7.76. The summed E-state index contributed by atoms with van der Waals surface area (Å²) in [6, 6.07) is 6.40. The van der Waals surface area contributed by atoms with Crippen molar-refractivity contribution >= 4 is 40.6 Å². The zero-order chi connectivity index (χ0) is 13.7. The highest BCUT2D eigenvalue weighted by atomic mass is 32.2. The van der Waals surface area contributed by atoms with Gasteiger partial charge in [-0.25, -0.2) is 0 Å². The van der Waals surface area contributed by atoms with E-state index in [4.69, 9.17) is 5.73 Å². The fraction of sp³-hybridized carbons (Fsp3) is 0.0909. The molecule has 0 aliphatic rings. The number of aromatic nitrogens is 2. The molecule has 6 nitrogen and oxygen atoms in total. The second-order valence-electron chi connectivity index (χ2n) is 3.48. The van der Waals surface area contributed by atoms with Crippen LogP contribution in [0.2, 0.25) is 0 Å². The van der Waals surface area contributed by atoms with Crippen molar-refractivity contribution in [3.05, 3.63) is 35.3 Å². The van der Waals surface area contributed by atoms with E-state index in [9.17, 15) is 9.59 Å². The number of rotatable bonds is 5. The van der Waals surface area contributed by atoms with E-state index < -0.39 is 5.91 Å². The van der Waals surface area contributed by atoms with Gasteiger partial charge in [-0.3, -0.25) is 9.59 Å². The molecule has 0 saturated carbocycles. The van der Waals surface area contributed by atoms with Gasteiger partial charge in [-0.1, -0.05) is 23.1 Å². The van der Waals surface area contributed by atoms with Crippen LogP contribution in [0.1, 0.15) is 10.4 Å². The Labute approximate surface area is 117 Å². The Morgan fingerprint density at radius 3 is 2.63 bits per heavy atom. The van der Waals surface area contributed by atoms with Gasteiger partial charge in [-0.2, -0.15) is 0 Å². The fourth-order valence-corrected chi connectivity index (χ4v) is 2.56. The van der Waals surface area contributed by atoms with Crippen molar-refractivity contribution in [2.45, 2.75) is 4.34 Å². The Bertz CT molecular complexity index is 569. The van der Waals surface area contributed by atoms with Crippen molar-refractivity contribution in [1.82, 2.24) is 10.2 Å². The van der Waals surface area contributed by atoms with Crippen LogP contribution in [0, 0.1) is 0 Å². The third-order valence-electron chi connectivity index (χ3n) is 2.12. The number of primary amides is 1. The highest BCUT2D eigenvalue weighted by molar-refractivity contribution is 8.01. The number of benzene rings is 1. The van der Waals surface area contributed by atoms with Crippen LogP contribution in [-0.2, 0) is 4.79 Å². The monoisotopic (exact) mass is 294 g/mol. The number of nitrogens with two attached hydrogens (primary N) is 1. The topological polar surface area (TPSA) is 98.0 Å². The largest absolute Gasteiger partial charge is 0.366 e. The van der Waals surface area contributed by atoms with Gasteiger partial charge in [0.2, 0.25) is 11.8 Å². The van der Waals surface area contributed by atoms with Crippen molar-refractivity contribution in [1.29, 1.82) is 0 Å². The first-order valence-electron chi connectivity index (χ1n) is 5.24. The zero-order valence-electron chi connectivity index (χ0n) is 9.70. The van der Waals surface area contributed by atoms with E-state index in [0.29, 0.717) is 11.3 Å². The fourth-order valence-electron chi connectivity index (χ4n) is 1.27. The lowest BCUT2D eigenvalue weighted by molar-refractivity contribution is -0.113. The normalized spacial score (nSPS) is 10.1. The van der Waals surface area contributed by atoms with Gasteiger partial charge in [0.05, 0.1) is 5.75 Å². The van der Waals surface area contributed by atoms with E-state index in [1.165, 1.54) is 23.1 Å². The van der Waals surface area contributed by atoms with Gasteiger partial charge >= 0.3 is 0 Å². The molecule has 0 aliphatic heterocycles. The number of carbonyl (C=O) groups excluding carboxylic acids is 2. The third kappa shape index (κ3) is 4.04. The molecule has 0 bridgehead atoms. The van der Waals surface area contributed by atoms with Gasteiger partial charge in [-0.05, 0) is 24.3 Å². The smallest absolute Gasteiger partial charge is 0.248 e. The number of carbonyl (C=O) groups is 2. The summed E-state index contributed by atoms with van der Waals surface area (Å²) in [4.78, 5) is 22.5. The van der Waals surface area contributed by atoms with Gasteiger partial charge in [0.1, 0.15) is 5.51 Å². The molecule has 0 spiro atoms. The number of hydrogen-bond acceptors (Lipinski definition) is 6. The molecule has 0 saturated heterocycles. The molecule has 0 fully saturated rings. The Kier molecular flexibility index (Phi) is 4.48. The lowest BCUT2D eigenvalue weighted by Crippen LogP contribution is -2.14. The summed E-state index contributed by atoms with van der Waals surface area (Å²) < 4.78 is 0.749. The molecule has 0 radical (unpaired) electrons. The maximum absolute atomic E-state index is 11.7. The van der Waals surface area contributed by atoms with E-state index in [1.807, 2.05) is 0 Å². The molecule has 1 heterocycles. The van der Waals surface area contributed by atoms with Crippen LogP contribution in [0.25, 0.3) is 0 Å². The van der Waals surface area contributed by atoms with Crippen molar-refractivity contribution in [2.24, 2.45) is 5.73 Å². The number of nitrogens with one attached hydrogen (secondary N) is 1. The molecule has 0 aliphatic carbocycles. The Morgan fingerprint density at radius 1 is 1.32 bits per heavy atom. The standard InChI is InChI=1S/C11H10N4O2S2/c12-10(17)7-1-3-8(4-2-7)14-9(16)5-18-11-15-13-6-19-11/h1-4,6H,5H2,(H2,12,17)(H,14,16). The van der Waals surface area contributed by atoms with Crippen molar-refractivity contribution < 1.29 is 9.59 Å². The van der Waals surface area contributed by atoms with Crippen LogP contribution in [0.3, 0.4) is 0 Å². The number of thioether (sulfide) groups is 1. The second-order valence-corrected chi connectivity index (χ2v) is 5.54.